The van der Waals surface area contributed by atoms with Gasteiger partial charge in [-0.2, -0.15) is 5.10 Å². The number of benzene rings is 2. The average molecular weight is 279 g/mol. The van der Waals surface area contributed by atoms with Crippen molar-refractivity contribution in [2.24, 2.45) is 5.10 Å². The Hall–Kier alpha value is -3.08. The molecule has 3 rings (SSSR count). The third kappa shape index (κ3) is 2.76. The van der Waals surface area contributed by atoms with Crippen molar-refractivity contribution in [3.8, 4) is 5.75 Å². The standard InChI is InChI=1S/C16H13N3O2/c20-13-6-4-11(5-7-13)16(21)19-18-10-12-2-1-3-15-14(12)8-9-17-15/h1-10,17,20H,(H,19,21)/b18-10+. The lowest BCUT2D eigenvalue weighted by molar-refractivity contribution is 0.0955. The van der Waals surface area contributed by atoms with Crippen LogP contribution in [-0.2, 0) is 0 Å². The molecule has 0 bridgehead atoms. The fraction of sp³-hybridized carbons (Fsp3) is 0. The number of hydrazone groups is 1. The number of amides is 1. The Morgan fingerprint density at radius 3 is 2.76 bits per heavy atom. The molecule has 0 aliphatic rings. The van der Waals surface area contributed by atoms with E-state index in [0.717, 1.165) is 16.5 Å². The van der Waals surface area contributed by atoms with Gasteiger partial charge in [0.1, 0.15) is 5.75 Å². The first-order chi connectivity index (χ1) is 10.2. The second kappa shape index (κ2) is 5.50. The Balaban J connectivity index is 1.73. The van der Waals surface area contributed by atoms with Crippen molar-refractivity contribution in [3.05, 3.63) is 65.9 Å². The number of hydrogen-bond donors (Lipinski definition) is 3. The lowest BCUT2D eigenvalue weighted by atomic mass is 10.1. The maximum absolute atomic E-state index is 11.8. The lowest BCUT2D eigenvalue weighted by Crippen LogP contribution is -2.17. The molecule has 1 heterocycles. The number of carbonyl (C=O) groups is 1. The summed E-state index contributed by atoms with van der Waals surface area (Å²) in [6, 6.07) is 13.8. The molecular formula is C16H13N3O2. The van der Waals surface area contributed by atoms with E-state index in [1.165, 1.54) is 24.3 Å². The minimum Gasteiger partial charge on any atom is -0.508 e. The highest BCUT2D eigenvalue weighted by atomic mass is 16.3. The van der Waals surface area contributed by atoms with Gasteiger partial charge in [0, 0.05) is 28.2 Å². The van der Waals surface area contributed by atoms with Crippen LogP contribution in [0.2, 0.25) is 0 Å². The number of fused-ring (bicyclic) bond motifs is 1. The SMILES string of the molecule is O=C(N/N=C/c1cccc2[nH]ccc12)c1ccc(O)cc1. The number of phenolic OH excluding ortho intramolecular Hbond substituents is 1. The Kier molecular flexibility index (Phi) is 3.39. The highest BCUT2D eigenvalue weighted by Gasteiger charge is 2.03. The summed E-state index contributed by atoms with van der Waals surface area (Å²) in [6.07, 6.45) is 3.46. The summed E-state index contributed by atoms with van der Waals surface area (Å²) >= 11 is 0. The first kappa shape index (κ1) is 12.9. The number of nitrogens with one attached hydrogen (secondary N) is 2. The summed E-state index contributed by atoms with van der Waals surface area (Å²) < 4.78 is 0. The van der Waals surface area contributed by atoms with E-state index in [1.807, 2.05) is 30.5 Å². The van der Waals surface area contributed by atoms with E-state index >= 15 is 0 Å². The molecule has 0 fully saturated rings. The van der Waals surface area contributed by atoms with Crippen LogP contribution in [-0.4, -0.2) is 22.2 Å². The Morgan fingerprint density at radius 2 is 1.95 bits per heavy atom. The summed E-state index contributed by atoms with van der Waals surface area (Å²) in [5, 5.41) is 14.2. The quantitative estimate of drug-likeness (QED) is 0.509. The second-order valence-electron chi connectivity index (χ2n) is 4.53. The molecule has 0 radical (unpaired) electrons. The van der Waals surface area contributed by atoms with E-state index in [9.17, 15) is 9.90 Å². The molecule has 5 heteroatoms. The number of H-pyrrole nitrogens is 1. The van der Waals surface area contributed by atoms with Gasteiger partial charge in [-0.05, 0) is 36.4 Å². The molecule has 0 spiro atoms. The van der Waals surface area contributed by atoms with Gasteiger partial charge in [0.2, 0.25) is 0 Å². The zero-order valence-electron chi connectivity index (χ0n) is 11.1. The number of aromatic amines is 1. The average Bonchev–Trinajstić information content (AvgIpc) is 2.97. The van der Waals surface area contributed by atoms with E-state index in [2.05, 4.69) is 15.5 Å². The van der Waals surface area contributed by atoms with Gasteiger partial charge in [0.25, 0.3) is 5.91 Å². The van der Waals surface area contributed by atoms with Crippen LogP contribution in [0.3, 0.4) is 0 Å². The predicted octanol–water partition coefficient (Wildman–Crippen LogP) is 2.64. The maximum atomic E-state index is 11.8. The van der Waals surface area contributed by atoms with E-state index in [0.29, 0.717) is 5.56 Å². The third-order valence-electron chi connectivity index (χ3n) is 3.13. The van der Waals surface area contributed by atoms with Gasteiger partial charge in [0.15, 0.2) is 0 Å². The monoisotopic (exact) mass is 279 g/mol. The second-order valence-corrected chi connectivity index (χ2v) is 4.53. The van der Waals surface area contributed by atoms with Gasteiger partial charge >= 0.3 is 0 Å². The van der Waals surface area contributed by atoms with Crippen molar-refractivity contribution in [2.45, 2.75) is 0 Å². The number of aromatic nitrogens is 1. The molecule has 5 nitrogen and oxygen atoms in total. The molecule has 0 aliphatic carbocycles. The first-order valence-corrected chi connectivity index (χ1v) is 6.42. The normalized spacial score (nSPS) is 11.0. The van der Waals surface area contributed by atoms with Gasteiger partial charge in [-0.1, -0.05) is 12.1 Å². The molecule has 1 aromatic heterocycles. The van der Waals surface area contributed by atoms with Crippen molar-refractivity contribution in [1.29, 1.82) is 0 Å². The van der Waals surface area contributed by atoms with Gasteiger partial charge < -0.3 is 10.1 Å². The van der Waals surface area contributed by atoms with Gasteiger partial charge in [-0.25, -0.2) is 5.43 Å². The van der Waals surface area contributed by atoms with Crippen LogP contribution in [0, 0.1) is 0 Å². The molecule has 0 atom stereocenters. The van der Waals surface area contributed by atoms with Crippen LogP contribution in [0.4, 0.5) is 0 Å². The number of phenols is 1. The predicted molar refractivity (Wildman–Crippen MR) is 81.5 cm³/mol. The summed E-state index contributed by atoms with van der Waals surface area (Å²) in [4.78, 5) is 15.0. The maximum Gasteiger partial charge on any atom is 0.271 e. The van der Waals surface area contributed by atoms with Crippen LogP contribution < -0.4 is 5.43 Å². The van der Waals surface area contributed by atoms with Crippen molar-refractivity contribution < 1.29 is 9.90 Å². The topological polar surface area (TPSA) is 77.5 Å². The number of hydrogen-bond acceptors (Lipinski definition) is 3. The van der Waals surface area contributed by atoms with Crippen molar-refractivity contribution in [1.82, 2.24) is 10.4 Å². The fourth-order valence-electron chi connectivity index (χ4n) is 2.06. The fourth-order valence-corrected chi connectivity index (χ4v) is 2.06. The Bertz CT molecular complexity index is 804. The number of carbonyl (C=O) groups excluding carboxylic acids is 1. The molecule has 0 saturated carbocycles. The minimum absolute atomic E-state index is 0.120. The molecule has 0 aliphatic heterocycles. The Labute approximate surface area is 120 Å². The van der Waals surface area contributed by atoms with E-state index < -0.39 is 0 Å². The highest BCUT2D eigenvalue weighted by Crippen LogP contribution is 2.15. The van der Waals surface area contributed by atoms with Gasteiger partial charge in [-0.15, -0.1) is 0 Å². The summed E-state index contributed by atoms with van der Waals surface area (Å²) in [7, 11) is 0. The largest absolute Gasteiger partial charge is 0.508 e. The van der Waals surface area contributed by atoms with Crippen LogP contribution in [0.1, 0.15) is 15.9 Å². The highest BCUT2D eigenvalue weighted by molar-refractivity contribution is 5.99. The van der Waals surface area contributed by atoms with E-state index in [4.69, 9.17) is 0 Å². The zero-order chi connectivity index (χ0) is 14.7. The van der Waals surface area contributed by atoms with Gasteiger partial charge in [-0.3, -0.25) is 4.79 Å². The van der Waals surface area contributed by atoms with E-state index in [-0.39, 0.29) is 11.7 Å². The first-order valence-electron chi connectivity index (χ1n) is 6.42. The molecule has 3 aromatic rings. The smallest absolute Gasteiger partial charge is 0.271 e. The number of nitrogens with zero attached hydrogens (tertiary/aromatic N) is 1. The molecule has 1 amide bonds. The number of rotatable bonds is 3. The third-order valence-corrected chi connectivity index (χ3v) is 3.13. The van der Waals surface area contributed by atoms with Crippen LogP contribution >= 0.6 is 0 Å². The molecule has 104 valence electrons. The number of aromatic hydroxyl groups is 1. The Morgan fingerprint density at radius 1 is 1.14 bits per heavy atom. The molecule has 0 saturated heterocycles. The van der Waals surface area contributed by atoms with Crippen LogP contribution in [0.5, 0.6) is 5.75 Å². The van der Waals surface area contributed by atoms with Crippen molar-refractivity contribution >= 4 is 23.0 Å². The summed E-state index contributed by atoms with van der Waals surface area (Å²) in [5.74, 6) is -0.207. The minimum atomic E-state index is -0.326. The van der Waals surface area contributed by atoms with Crippen molar-refractivity contribution in [3.63, 3.8) is 0 Å². The summed E-state index contributed by atoms with van der Waals surface area (Å²) in [5.41, 5.74) is 4.83. The lowest BCUT2D eigenvalue weighted by Gasteiger charge is -2.00. The molecule has 0 unspecified atom stereocenters. The summed E-state index contributed by atoms with van der Waals surface area (Å²) in [6.45, 7) is 0. The molecule has 3 N–H and O–H groups in total. The van der Waals surface area contributed by atoms with E-state index in [1.54, 1.807) is 6.21 Å². The molecule has 2 aromatic carbocycles. The molecular weight excluding hydrogens is 266 g/mol. The van der Waals surface area contributed by atoms with Crippen molar-refractivity contribution in [2.75, 3.05) is 0 Å². The van der Waals surface area contributed by atoms with Gasteiger partial charge in [0.05, 0.1) is 6.21 Å². The van der Waals surface area contributed by atoms with Crippen LogP contribution in [0.15, 0.2) is 59.8 Å². The zero-order valence-corrected chi connectivity index (χ0v) is 11.1. The van der Waals surface area contributed by atoms with Crippen LogP contribution in [0.25, 0.3) is 10.9 Å². The molecule has 21 heavy (non-hydrogen) atoms.